The Morgan fingerprint density at radius 2 is 1.95 bits per heavy atom. The highest BCUT2D eigenvalue weighted by atomic mass is 127. The molecule has 3 nitrogen and oxygen atoms in total. The molecule has 0 aromatic heterocycles. The molecule has 0 saturated heterocycles. The third kappa shape index (κ3) is 3.20. The fourth-order valence-electron chi connectivity index (χ4n) is 1.71. The van der Waals surface area contributed by atoms with Crippen LogP contribution < -0.4 is 5.32 Å². The summed E-state index contributed by atoms with van der Waals surface area (Å²) in [6, 6.07) is 12.4. The molecule has 0 radical (unpaired) electrons. The molecule has 2 rings (SSSR count). The van der Waals surface area contributed by atoms with Crippen LogP contribution in [0.3, 0.4) is 0 Å². The predicted octanol–water partition coefficient (Wildman–Crippen LogP) is 3.66. The number of carbonyl (C=O) groups excluding carboxylic acids is 2. The van der Waals surface area contributed by atoms with Crippen LogP contribution in [0.25, 0.3) is 0 Å². The van der Waals surface area contributed by atoms with Crippen molar-refractivity contribution in [1.82, 2.24) is 0 Å². The average Bonchev–Trinajstić information content (AvgIpc) is 2.42. The van der Waals surface area contributed by atoms with Gasteiger partial charge in [-0.05, 0) is 53.3 Å². The maximum absolute atomic E-state index is 12.2. The lowest BCUT2D eigenvalue weighted by Crippen LogP contribution is -2.14. The van der Waals surface area contributed by atoms with Crippen molar-refractivity contribution in [2.24, 2.45) is 0 Å². The van der Waals surface area contributed by atoms with E-state index in [0.29, 0.717) is 16.8 Å². The molecule has 0 heterocycles. The molecule has 19 heavy (non-hydrogen) atoms. The Morgan fingerprint density at radius 1 is 1.21 bits per heavy atom. The summed E-state index contributed by atoms with van der Waals surface area (Å²) in [5.74, 6) is -0.170. The van der Waals surface area contributed by atoms with Crippen LogP contribution >= 0.6 is 22.6 Å². The molecule has 0 aliphatic heterocycles. The zero-order valence-corrected chi connectivity index (χ0v) is 12.5. The molecule has 4 heteroatoms. The van der Waals surface area contributed by atoms with Crippen molar-refractivity contribution in [2.45, 2.75) is 6.92 Å². The van der Waals surface area contributed by atoms with E-state index in [9.17, 15) is 9.59 Å². The summed E-state index contributed by atoms with van der Waals surface area (Å²) in [6.07, 6.45) is 0.756. The SMILES string of the molecule is Cc1cccc(C(=O)Nc2cccc(C=O)c2)c1I. The number of aldehydes is 1. The third-order valence-electron chi connectivity index (χ3n) is 2.72. The Hall–Kier alpha value is -1.69. The fraction of sp³-hybridized carbons (Fsp3) is 0.0667. The van der Waals surface area contributed by atoms with Crippen molar-refractivity contribution >= 4 is 40.5 Å². The fourth-order valence-corrected chi connectivity index (χ4v) is 2.32. The van der Waals surface area contributed by atoms with E-state index in [1.807, 2.05) is 19.1 Å². The molecular formula is C15H12INO2. The van der Waals surface area contributed by atoms with Gasteiger partial charge in [-0.1, -0.05) is 24.3 Å². The first-order chi connectivity index (χ1) is 9.11. The van der Waals surface area contributed by atoms with E-state index in [1.165, 1.54) is 0 Å². The molecule has 0 saturated carbocycles. The number of hydrogen-bond donors (Lipinski definition) is 1. The maximum Gasteiger partial charge on any atom is 0.256 e. The Morgan fingerprint density at radius 3 is 2.68 bits per heavy atom. The molecular weight excluding hydrogens is 353 g/mol. The normalized spacial score (nSPS) is 10.0. The smallest absolute Gasteiger partial charge is 0.256 e. The zero-order chi connectivity index (χ0) is 13.8. The van der Waals surface area contributed by atoms with Gasteiger partial charge < -0.3 is 5.32 Å². The van der Waals surface area contributed by atoms with Gasteiger partial charge in [0.25, 0.3) is 5.91 Å². The van der Waals surface area contributed by atoms with Crippen molar-refractivity contribution in [2.75, 3.05) is 5.32 Å². The maximum atomic E-state index is 12.2. The lowest BCUT2D eigenvalue weighted by atomic mass is 10.1. The van der Waals surface area contributed by atoms with Gasteiger partial charge in [-0.3, -0.25) is 9.59 Å². The van der Waals surface area contributed by atoms with E-state index < -0.39 is 0 Å². The van der Waals surface area contributed by atoms with Crippen LogP contribution in [0, 0.1) is 10.5 Å². The molecule has 2 aromatic rings. The average molecular weight is 365 g/mol. The van der Waals surface area contributed by atoms with Gasteiger partial charge >= 0.3 is 0 Å². The highest BCUT2D eigenvalue weighted by Crippen LogP contribution is 2.18. The van der Waals surface area contributed by atoms with Gasteiger partial charge in [-0.25, -0.2) is 0 Å². The van der Waals surface area contributed by atoms with E-state index in [-0.39, 0.29) is 5.91 Å². The Balaban J connectivity index is 2.25. The number of carbonyl (C=O) groups is 2. The molecule has 0 bridgehead atoms. The lowest BCUT2D eigenvalue weighted by molar-refractivity contribution is 0.102. The topological polar surface area (TPSA) is 46.2 Å². The van der Waals surface area contributed by atoms with E-state index in [0.717, 1.165) is 15.4 Å². The minimum absolute atomic E-state index is 0.170. The van der Waals surface area contributed by atoms with Gasteiger partial charge in [-0.15, -0.1) is 0 Å². The van der Waals surface area contributed by atoms with E-state index in [2.05, 4.69) is 27.9 Å². The summed E-state index contributed by atoms with van der Waals surface area (Å²) in [4.78, 5) is 22.9. The minimum Gasteiger partial charge on any atom is -0.322 e. The number of hydrogen-bond acceptors (Lipinski definition) is 2. The van der Waals surface area contributed by atoms with Crippen LogP contribution in [0.4, 0.5) is 5.69 Å². The highest BCUT2D eigenvalue weighted by molar-refractivity contribution is 14.1. The van der Waals surface area contributed by atoms with Crippen LogP contribution in [0.5, 0.6) is 0 Å². The summed E-state index contributed by atoms with van der Waals surface area (Å²) in [7, 11) is 0. The molecule has 2 aromatic carbocycles. The number of aryl methyl sites for hydroxylation is 1. The first-order valence-electron chi connectivity index (χ1n) is 5.73. The third-order valence-corrected chi connectivity index (χ3v) is 4.15. The van der Waals surface area contributed by atoms with Crippen molar-refractivity contribution in [1.29, 1.82) is 0 Å². The number of rotatable bonds is 3. The van der Waals surface area contributed by atoms with Crippen LogP contribution in [-0.4, -0.2) is 12.2 Å². The largest absolute Gasteiger partial charge is 0.322 e. The Kier molecular flexibility index (Phi) is 4.31. The molecule has 1 amide bonds. The van der Waals surface area contributed by atoms with Gasteiger partial charge in [0.05, 0.1) is 5.56 Å². The molecule has 96 valence electrons. The first-order valence-corrected chi connectivity index (χ1v) is 6.81. The number of nitrogens with one attached hydrogen (secondary N) is 1. The van der Waals surface area contributed by atoms with Gasteiger partial charge in [0.1, 0.15) is 6.29 Å². The van der Waals surface area contributed by atoms with E-state index >= 15 is 0 Å². The Bertz CT molecular complexity index is 638. The standard InChI is InChI=1S/C15H12INO2/c1-10-4-2-7-13(14(10)16)15(19)17-12-6-3-5-11(8-12)9-18/h2-9H,1H3,(H,17,19). The van der Waals surface area contributed by atoms with Gasteiger partial charge in [0, 0.05) is 14.8 Å². The monoisotopic (exact) mass is 365 g/mol. The molecule has 0 aliphatic rings. The molecule has 0 spiro atoms. The quantitative estimate of drug-likeness (QED) is 0.667. The summed E-state index contributed by atoms with van der Waals surface area (Å²) in [5, 5.41) is 2.80. The van der Waals surface area contributed by atoms with Crippen LogP contribution in [0.1, 0.15) is 26.3 Å². The molecule has 0 atom stereocenters. The van der Waals surface area contributed by atoms with Gasteiger partial charge in [0.2, 0.25) is 0 Å². The van der Waals surface area contributed by atoms with Crippen molar-refractivity contribution in [3.63, 3.8) is 0 Å². The summed E-state index contributed by atoms with van der Waals surface area (Å²) >= 11 is 2.16. The number of amides is 1. The second kappa shape index (κ2) is 5.97. The van der Waals surface area contributed by atoms with Crippen molar-refractivity contribution in [3.05, 3.63) is 62.7 Å². The summed E-state index contributed by atoms with van der Waals surface area (Å²) in [5.41, 5.74) is 2.86. The minimum atomic E-state index is -0.170. The second-order valence-corrected chi connectivity index (χ2v) is 5.21. The molecule has 0 unspecified atom stereocenters. The van der Waals surface area contributed by atoms with Crippen molar-refractivity contribution in [3.8, 4) is 0 Å². The van der Waals surface area contributed by atoms with Crippen LogP contribution in [0.2, 0.25) is 0 Å². The van der Waals surface area contributed by atoms with Crippen LogP contribution in [0.15, 0.2) is 42.5 Å². The van der Waals surface area contributed by atoms with Crippen LogP contribution in [-0.2, 0) is 0 Å². The zero-order valence-electron chi connectivity index (χ0n) is 10.3. The van der Waals surface area contributed by atoms with Crippen molar-refractivity contribution < 1.29 is 9.59 Å². The van der Waals surface area contributed by atoms with E-state index in [4.69, 9.17) is 0 Å². The molecule has 1 N–H and O–H groups in total. The molecule has 0 aliphatic carbocycles. The predicted molar refractivity (Wildman–Crippen MR) is 83.7 cm³/mol. The Labute approximate surface area is 125 Å². The lowest BCUT2D eigenvalue weighted by Gasteiger charge is -2.08. The summed E-state index contributed by atoms with van der Waals surface area (Å²) in [6.45, 7) is 1.96. The number of anilines is 1. The highest BCUT2D eigenvalue weighted by Gasteiger charge is 2.11. The van der Waals surface area contributed by atoms with E-state index in [1.54, 1.807) is 30.3 Å². The first kappa shape index (κ1) is 13.7. The number of halogens is 1. The summed E-state index contributed by atoms with van der Waals surface area (Å²) < 4.78 is 0.934. The second-order valence-electron chi connectivity index (χ2n) is 4.13. The van der Waals surface area contributed by atoms with Gasteiger partial charge in [-0.2, -0.15) is 0 Å². The number of benzene rings is 2. The molecule has 0 fully saturated rings. The van der Waals surface area contributed by atoms with Gasteiger partial charge in [0.15, 0.2) is 0 Å².